The molecule has 0 spiro atoms. The summed E-state index contributed by atoms with van der Waals surface area (Å²) in [6.07, 6.45) is 3.40. The molecule has 0 saturated carbocycles. The summed E-state index contributed by atoms with van der Waals surface area (Å²) >= 11 is 6.05. The van der Waals surface area contributed by atoms with Gasteiger partial charge in [-0.3, -0.25) is 9.78 Å². The van der Waals surface area contributed by atoms with Gasteiger partial charge >= 0.3 is 0 Å². The molecule has 0 bridgehead atoms. The van der Waals surface area contributed by atoms with Crippen LogP contribution < -0.4 is 0 Å². The molecule has 1 unspecified atom stereocenters. The van der Waals surface area contributed by atoms with Crippen LogP contribution in [-0.4, -0.2) is 10.8 Å². The molecule has 1 aromatic carbocycles. The average Bonchev–Trinajstić information content (AvgIpc) is 2.41. The minimum atomic E-state index is -0.190. The van der Waals surface area contributed by atoms with Gasteiger partial charge in [0.1, 0.15) is 0 Å². The summed E-state index contributed by atoms with van der Waals surface area (Å²) in [4.78, 5) is 16.4. The lowest BCUT2D eigenvalue weighted by atomic mass is 9.91. The highest BCUT2D eigenvalue weighted by molar-refractivity contribution is 6.31. The number of pyridine rings is 1. The number of halogens is 1. The van der Waals surface area contributed by atoms with Crippen LogP contribution in [0.15, 0.2) is 42.7 Å². The molecule has 0 radical (unpaired) electrons. The third-order valence-electron chi connectivity index (χ3n) is 3.13. The Hall–Kier alpha value is -1.67. The number of rotatable bonds is 3. The van der Waals surface area contributed by atoms with Crippen molar-refractivity contribution in [3.8, 4) is 0 Å². The summed E-state index contributed by atoms with van der Waals surface area (Å²) in [5.41, 5.74) is 2.49. The molecule has 18 heavy (non-hydrogen) atoms. The average molecular weight is 260 g/mol. The summed E-state index contributed by atoms with van der Waals surface area (Å²) < 4.78 is 0. The van der Waals surface area contributed by atoms with E-state index in [2.05, 4.69) is 4.98 Å². The van der Waals surface area contributed by atoms with Gasteiger partial charge in [0, 0.05) is 28.9 Å². The van der Waals surface area contributed by atoms with Gasteiger partial charge in [0.25, 0.3) is 0 Å². The fourth-order valence-electron chi connectivity index (χ4n) is 1.91. The Bertz CT molecular complexity index is 566. The lowest BCUT2D eigenvalue weighted by molar-refractivity contribution is 0.0965. The van der Waals surface area contributed by atoms with Crippen LogP contribution in [0, 0.1) is 6.92 Å². The Labute approximate surface area is 112 Å². The van der Waals surface area contributed by atoms with E-state index in [-0.39, 0.29) is 11.7 Å². The van der Waals surface area contributed by atoms with Crippen molar-refractivity contribution in [1.82, 2.24) is 4.98 Å². The van der Waals surface area contributed by atoms with Crippen LogP contribution in [-0.2, 0) is 0 Å². The molecule has 1 atom stereocenters. The zero-order valence-corrected chi connectivity index (χ0v) is 11.1. The van der Waals surface area contributed by atoms with Crippen LogP contribution in [0.2, 0.25) is 5.02 Å². The standard InChI is InChI=1S/C15H14ClNO/c1-10(12-6-8-17-9-7-12)15(18)13-4-3-5-14(16)11(13)2/h3-10H,1-2H3. The molecular weight excluding hydrogens is 246 g/mol. The Morgan fingerprint density at radius 2 is 1.89 bits per heavy atom. The highest BCUT2D eigenvalue weighted by Crippen LogP contribution is 2.25. The van der Waals surface area contributed by atoms with E-state index in [0.29, 0.717) is 10.6 Å². The van der Waals surface area contributed by atoms with Crippen LogP contribution in [0.4, 0.5) is 0 Å². The number of carbonyl (C=O) groups is 1. The number of Topliss-reactive ketones (excluding diaryl/α,β-unsaturated/α-hetero) is 1. The number of benzene rings is 1. The van der Waals surface area contributed by atoms with Gasteiger partial charge in [-0.25, -0.2) is 0 Å². The highest BCUT2D eigenvalue weighted by Gasteiger charge is 2.19. The normalized spacial score (nSPS) is 12.2. The number of hydrogen-bond donors (Lipinski definition) is 0. The highest BCUT2D eigenvalue weighted by atomic mass is 35.5. The van der Waals surface area contributed by atoms with Crippen molar-refractivity contribution < 1.29 is 4.79 Å². The molecule has 2 rings (SSSR count). The molecule has 1 heterocycles. The molecule has 1 aromatic heterocycles. The predicted octanol–water partition coefficient (Wildman–Crippen LogP) is 4.03. The van der Waals surface area contributed by atoms with E-state index in [1.54, 1.807) is 18.5 Å². The van der Waals surface area contributed by atoms with Gasteiger partial charge < -0.3 is 0 Å². The summed E-state index contributed by atoms with van der Waals surface area (Å²) in [6.45, 7) is 3.77. The Kier molecular flexibility index (Phi) is 3.78. The third-order valence-corrected chi connectivity index (χ3v) is 3.54. The molecular formula is C15H14ClNO. The Balaban J connectivity index is 2.35. The molecule has 2 aromatic rings. The summed E-state index contributed by atoms with van der Waals surface area (Å²) in [7, 11) is 0. The molecule has 0 fully saturated rings. The first-order valence-corrected chi connectivity index (χ1v) is 6.18. The zero-order valence-electron chi connectivity index (χ0n) is 10.4. The molecule has 0 N–H and O–H groups in total. The maximum Gasteiger partial charge on any atom is 0.170 e. The second kappa shape index (κ2) is 5.32. The summed E-state index contributed by atoms with van der Waals surface area (Å²) in [6, 6.07) is 9.15. The van der Waals surface area contributed by atoms with Crippen molar-refractivity contribution in [1.29, 1.82) is 0 Å². The first-order chi connectivity index (χ1) is 8.61. The Morgan fingerprint density at radius 1 is 1.22 bits per heavy atom. The van der Waals surface area contributed by atoms with Crippen LogP contribution in [0.3, 0.4) is 0 Å². The number of nitrogens with zero attached hydrogens (tertiary/aromatic N) is 1. The van der Waals surface area contributed by atoms with E-state index < -0.39 is 0 Å². The van der Waals surface area contributed by atoms with Crippen LogP contribution in [0.5, 0.6) is 0 Å². The smallest absolute Gasteiger partial charge is 0.170 e. The molecule has 0 aliphatic heterocycles. The van der Waals surface area contributed by atoms with E-state index in [1.165, 1.54) is 0 Å². The van der Waals surface area contributed by atoms with E-state index in [4.69, 9.17) is 11.6 Å². The number of aromatic nitrogens is 1. The van der Waals surface area contributed by atoms with Crippen molar-refractivity contribution in [2.75, 3.05) is 0 Å². The predicted molar refractivity (Wildman–Crippen MR) is 73.2 cm³/mol. The van der Waals surface area contributed by atoms with Crippen LogP contribution in [0.25, 0.3) is 0 Å². The number of ketones is 1. The second-order valence-corrected chi connectivity index (χ2v) is 4.69. The third kappa shape index (κ3) is 2.44. The van der Waals surface area contributed by atoms with Gasteiger partial charge in [-0.2, -0.15) is 0 Å². The Morgan fingerprint density at radius 3 is 2.56 bits per heavy atom. The lowest BCUT2D eigenvalue weighted by Crippen LogP contribution is -2.11. The van der Waals surface area contributed by atoms with E-state index in [0.717, 1.165) is 11.1 Å². The topological polar surface area (TPSA) is 30.0 Å². The van der Waals surface area contributed by atoms with Crippen molar-refractivity contribution in [3.05, 3.63) is 64.4 Å². The maximum absolute atomic E-state index is 12.4. The first kappa shape index (κ1) is 12.8. The molecule has 92 valence electrons. The van der Waals surface area contributed by atoms with Crippen molar-refractivity contribution in [3.63, 3.8) is 0 Å². The van der Waals surface area contributed by atoms with Gasteiger partial charge in [0.05, 0.1) is 0 Å². The minimum Gasteiger partial charge on any atom is -0.293 e. The van der Waals surface area contributed by atoms with Gasteiger partial charge in [-0.1, -0.05) is 30.7 Å². The molecule has 2 nitrogen and oxygen atoms in total. The van der Waals surface area contributed by atoms with E-state index >= 15 is 0 Å². The van der Waals surface area contributed by atoms with E-state index in [9.17, 15) is 4.79 Å². The maximum atomic E-state index is 12.4. The fourth-order valence-corrected chi connectivity index (χ4v) is 2.09. The molecule has 0 aliphatic rings. The number of hydrogen-bond acceptors (Lipinski definition) is 2. The quantitative estimate of drug-likeness (QED) is 0.779. The van der Waals surface area contributed by atoms with Crippen LogP contribution in [0.1, 0.15) is 34.3 Å². The van der Waals surface area contributed by atoms with Gasteiger partial charge in [0.2, 0.25) is 0 Å². The number of carbonyl (C=O) groups excluding carboxylic acids is 1. The summed E-state index contributed by atoms with van der Waals surface area (Å²) in [5.74, 6) is -0.105. The van der Waals surface area contributed by atoms with E-state index in [1.807, 2.05) is 38.1 Å². The largest absolute Gasteiger partial charge is 0.293 e. The second-order valence-electron chi connectivity index (χ2n) is 4.28. The van der Waals surface area contributed by atoms with Gasteiger partial charge in [0.15, 0.2) is 5.78 Å². The molecule has 0 saturated heterocycles. The van der Waals surface area contributed by atoms with Gasteiger partial charge in [-0.05, 0) is 36.2 Å². The van der Waals surface area contributed by atoms with Gasteiger partial charge in [-0.15, -0.1) is 0 Å². The van der Waals surface area contributed by atoms with Crippen molar-refractivity contribution >= 4 is 17.4 Å². The molecule has 3 heteroatoms. The first-order valence-electron chi connectivity index (χ1n) is 5.80. The monoisotopic (exact) mass is 259 g/mol. The SMILES string of the molecule is Cc1c(Cl)cccc1C(=O)C(C)c1ccncc1. The van der Waals surface area contributed by atoms with Crippen molar-refractivity contribution in [2.45, 2.75) is 19.8 Å². The summed E-state index contributed by atoms with van der Waals surface area (Å²) in [5, 5.41) is 0.628. The fraction of sp³-hybridized carbons (Fsp3) is 0.200. The minimum absolute atomic E-state index is 0.0844. The molecule has 0 amide bonds. The zero-order chi connectivity index (χ0) is 13.1. The molecule has 0 aliphatic carbocycles. The lowest BCUT2D eigenvalue weighted by Gasteiger charge is -2.13. The van der Waals surface area contributed by atoms with Crippen molar-refractivity contribution in [2.24, 2.45) is 0 Å². The van der Waals surface area contributed by atoms with Crippen LogP contribution >= 0.6 is 11.6 Å².